The summed E-state index contributed by atoms with van der Waals surface area (Å²) in [5.74, 6) is 0.963. The molecule has 0 unspecified atom stereocenters. The molecule has 3 aromatic rings. The van der Waals surface area contributed by atoms with Gasteiger partial charge in [0.1, 0.15) is 0 Å². The molecule has 0 bridgehead atoms. The number of benzene rings is 2. The fraction of sp³-hybridized carbons (Fsp3) is 0.286. The Morgan fingerprint density at radius 2 is 1.85 bits per heavy atom. The van der Waals surface area contributed by atoms with E-state index in [2.05, 4.69) is 21.7 Å². The topological polar surface area (TPSA) is 47.8 Å². The van der Waals surface area contributed by atoms with E-state index in [0.29, 0.717) is 0 Å². The molecule has 5 heteroatoms. The Hall–Kier alpha value is -2.40. The van der Waals surface area contributed by atoms with Gasteiger partial charge in [0, 0.05) is 17.7 Å². The highest BCUT2D eigenvalue weighted by molar-refractivity contribution is 8.00. The number of thioether (sulfide) groups is 1. The van der Waals surface area contributed by atoms with Crippen molar-refractivity contribution in [1.82, 2.24) is 14.8 Å². The first-order valence-corrected chi connectivity index (χ1v) is 9.66. The Bertz CT molecular complexity index is 918. The maximum Gasteiger partial charge on any atom is 0.192 e. The van der Waals surface area contributed by atoms with Gasteiger partial charge in [-0.05, 0) is 39.3 Å². The average Bonchev–Trinajstić information content (AvgIpc) is 3.06. The van der Waals surface area contributed by atoms with E-state index in [1.165, 1.54) is 11.8 Å². The maximum absolute atomic E-state index is 12.9. The number of Topliss-reactive ketones (excluding diaryl/α,β-unsaturated/α-hetero) is 1. The summed E-state index contributed by atoms with van der Waals surface area (Å²) in [6.45, 7) is 8.74. The van der Waals surface area contributed by atoms with Gasteiger partial charge >= 0.3 is 0 Å². The summed E-state index contributed by atoms with van der Waals surface area (Å²) in [6.07, 6.45) is 0. The first-order valence-electron chi connectivity index (χ1n) is 8.78. The molecule has 0 saturated heterocycles. The van der Waals surface area contributed by atoms with Crippen molar-refractivity contribution in [3.63, 3.8) is 0 Å². The average molecular weight is 366 g/mol. The van der Waals surface area contributed by atoms with Crippen LogP contribution in [0.2, 0.25) is 0 Å². The molecule has 0 amide bonds. The summed E-state index contributed by atoms with van der Waals surface area (Å²) in [4.78, 5) is 12.9. The molecule has 26 heavy (non-hydrogen) atoms. The van der Waals surface area contributed by atoms with Gasteiger partial charge < -0.3 is 4.57 Å². The molecule has 0 radical (unpaired) electrons. The van der Waals surface area contributed by atoms with Gasteiger partial charge in [-0.2, -0.15) is 0 Å². The predicted octanol–water partition coefficient (Wildman–Crippen LogP) is 4.95. The van der Waals surface area contributed by atoms with Gasteiger partial charge in [0.25, 0.3) is 0 Å². The Labute approximate surface area is 158 Å². The number of ketones is 1. The molecule has 0 fully saturated rings. The van der Waals surface area contributed by atoms with Crippen LogP contribution in [0.5, 0.6) is 0 Å². The van der Waals surface area contributed by atoms with E-state index in [1.54, 1.807) is 0 Å². The molecule has 1 atom stereocenters. The number of carbonyl (C=O) groups excluding carboxylic acids is 1. The molecule has 0 N–H and O–H groups in total. The molecule has 1 aromatic heterocycles. The van der Waals surface area contributed by atoms with Crippen LogP contribution in [0.4, 0.5) is 0 Å². The van der Waals surface area contributed by atoms with Crippen molar-refractivity contribution in [1.29, 1.82) is 0 Å². The molecule has 1 heterocycles. The molecule has 0 aliphatic rings. The molecular weight excluding hydrogens is 342 g/mol. The highest BCUT2D eigenvalue weighted by atomic mass is 32.2. The number of rotatable bonds is 6. The lowest BCUT2D eigenvalue weighted by molar-refractivity contribution is 0.0993. The summed E-state index contributed by atoms with van der Waals surface area (Å²) in [7, 11) is 0. The van der Waals surface area contributed by atoms with E-state index < -0.39 is 0 Å². The van der Waals surface area contributed by atoms with E-state index in [-0.39, 0.29) is 11.0 Å². The van der Waals surface area contributed by atoms with Gasteiger partial charge in [-0.25, -0.2) is 0 Å². The second-order valence-corrected chi connectivity index (χ2v) is 7.67. The molecule has 134 valence electrons. The van der Waals surface area contributed by atoms with Gasteiger partial charge in [0.2, 0.25) is 0 Å². The zero-order chi connectivity index (χ0) is 18.7. The summed E-state index contributed by atoms with van der Waals surface area (Å²) < 4.78 is 2.06. The number of hydrogen-bond donors (Lipinski definition) is 0. The lowest BCUT2D eigenvalue weighted by Crippen LogP contribution is -2.16. The van der Waals surface area contributed by atoms with Crippen molar-refractivity contribution in [2.24, 2.45) is 0 Å². The van der Waals surface area contributed by atoms with Gasteiger partial charge in [0.05, 0.1) is 5.25 Å². The smallest absolute Gasteiger partial charge is 0.192 e. The maximum atomic E-state index is 12.9. The SMILES string of the molecule is CCn1c(S[C@H](C)C(=O)c2cc(C)ccc2C)nnc1-c1ccccc1. The summed E-state index contributed by atoms with van der Waals surface area (Å²) in [5, 5.41) is 9.25. The third kappa shape index (κ3) is 3.73. The van der Waals surface area contributed by atoms with Crippen LogP contribution in [-0.2, 0) is 6.54 Å². The fourth-order valence-corrected chi connectivity index (χ4v) is 3.87. The van der Waals surface area contributed by atoms with Gasteiger partial charge in [0.15, 0.2) is 16.8 Å². The second-order valence-electron chi connectivity index (χ2n) is 6.36. The molecule has 0 aliphatic heterocycles. The minimum Gasteiger partial charge on any atom is -0.302 e. The summed E-state index contributed by atoms with van der Waals surface area (Å²) >= 11 is 1.47. The van der Waals surface area contributed by atoms with Crippen LogP contribution in [0.3, 0.4) is 0 Å². The molecular formula is C21H23N3OS. The standard InChI is InChI=1S/C21H23N3OS/c1-5-24-20(17-9-7-6-8-10-17)22-23-21(24)26-16(4)19(25)18-13-14(2)11-12-15(18)3/h6-13,16H,5H2,1-4H3/t16-/m1/s1. The van der Waals surface area contributed by atoms with Crippen LogP contribution in [0.25, 0.3) is 11.4 Å². The number of aryl methyl sites for hydroxylation is 2. The lowest BCUT2D eigenvalue weighted by Gasteiger charge is -2.13. The third-order valence-electron chi connectivity index (χ3n) is 4.38. The molecule has 2 aromatic carbocycles. The van der Waals surface area contributed by atoms with Crippen molar-refractivity contribution >= 4 is 17.5 Å². The van der Waals surface area contributed by atoms with Crippen LogP contribution in [0.15, 0.2) is 53.7 Å². The van der Waals surface area contributed by atoms with Crippen LogP contribution in [0, 0.1) is 13.8 Å². The zero-order valence-electron chi connectivity index (χ0n) is 15.6. The van der Waals surface area contributed by atoms with Crippen molar-refractivity contribution in [3.05, 3.63) is 65.2 Å². The van der Waals surface area contributed by atoms with Gasteiger partial charge in [-0.15, -0.1) is 10.2 Å². The predicted molar refractivity (Wildman–Crippen MR) is 107 cm³/mol. The van der Waals surface area contributed by atoms with Gasteiger partial charge in [-0.1, -0.05) is 59.8 Å². The van der Waals surface area contributed by atoms with E-state index in [0.717, 1.165) is 39.8 Å². The van der Waals surface area contributed by atoms with E-state index in [4.69, 9.17) is 0 Å². The van der Waals surface area contributed by atoms with Crippen LogP contribution in [0.1, 0.15) is 35.3 Å². The Balaban J connectivity index is 1.86. The molecule has 4 nitrogen and oxygen atoms in total. The number of nitrogens with zero attached hydrogens (tertiary/aromatic N) is 3. The number of carbonyl (C=O) groups is 1. The van der Waals surface area contributed by atoms with Crippen molar-refractivity contribution in [2.45, 2.75) is 44.6 Å². The Morgan fingerprint density at radius 1 is 1.12 bits per heavy atom. The quantitative estimate of drug-likeness (QED) is 0.458. The van der Waals surface area contributed by atoms with Crippen molar-refractivity contribution in [3.8, 4) is 11.4 Å². The zero-order valence-corrected chi connectivity index (χ0v) is 16.4. The molecule has 0 saturated carbocycles. The highest BCUT2D eigenvalue weighted by Gasteiger charge is 2.22. The highest BCUT2D eigenvalue weighted by Crippen LogP contribution is 2.29. The molecule has 0 aliphatic carbocycles. The largest absolute Gasteiger partial charge is 0.302 e. The van der Waals surface area contributed by atoms with E-state index in [1.807, 2.05) is 69.3 Å². The number of aromatic nitrogens is 3. The van der Waals surface area contributed by atoms with E-state index >= 15 is 0 Å². The third-order valence-corrected chi connectivity index (χ3v) is 5.46. The minimum atomic E-state index is -0.228. The van der Waals surface area contributed by atoms with Crippen molar-refractivity contribution in [2.75, 3.05) is 0 Å². The molecule has 3 rings (SSSR count). The van der Waals surface area contributed by atoms with Crippen LogP contribution >= 0.6 is 11.8 Å². The van der Waals surface area contributed by atoms with Crippen LogP contribution in [-0.4, -0.2) is 25.8 Å². The Kier molecular flexibility index (Phi) is 5.57. The lowest BCUT2D eigenvalue weighted by atomic mass is 10.0. The summed E-state index contributed by atoms with van der Waals surface area (Å²) in [6, 6.07) is 16.0. The van der Waals surface area contributed by atoms with E-state index in [9.17, 15) is 4.79 Å². The fourth-order valence-electron chi connectivity index (χ4n) is 2.89. The first-order chi connectivity index (χ1) is 12.5. The van der Waals surface area contributed by atoms with Gasteiger partial charge in [-0.3, -0.25) is 4.79 Å². The minimum absolute atomic E-state index is 0.128. The van der Waals surface area contributed by atoms with Crippen molar-refractivity contribution < 1.29 is 4.79 Å². The second kappa shape index (κ2) is 7.87. The molecule has 0 spiro atoms. The number of hydrogen-bond acceptors (Lipinski definition) is 4. The Morgan fingerprint density at radius 3 is 2.54 bits per heavy atom. The first kappa shape index (κ1) is 18.4. The van der Waals surface area contributed by atoms with Crippen LogP contribution < -0.4 is 0 Å². The normalized spacial score (nSPS) is 12.2. The monoisotopic (exact) mass is 365 g/mol. The summed E-state index contributed by atoms with van der Waals surface area (Å²) in [5.41, 5.74) is 3.92.